The van der Waals surface area contributed by atoms with Crippen LogP contribution in [0.4, 0.5) is 0 Å². The number of aromatic hydroxyl groups is 2. The number of benzene rings is 1. The molecule has 0 bridgehead atoms. The molecule has 25 heavy (non-hydrogen) atoms. The van der Waals surface area contributed by atoms with Crippen LogP contribution in [0.25, 0.3) is 0 Å². The molecule has 1 aromatic rings. The first-order valence-electron chi connectivity index (χ1n) is 7.95. The van der Waals surface area contributed by atoms with E-state index in [0.717, 1.165) is 6.07 Å². The van der Waals surface area contributed by atoms with Crippen molar-refractivity contribution >= 4 is 23.4 Å². The van der Waals surface area contributed by atoms with Gasteiger partial charge >= 0.3 is 5.97 Å². The number of esters is 1. The zero-order chi connectivity index (χ0) is 18.9. The summed E-state index contributed by atoms with van der Waals surface area (Å²) < 4.78 is 5.31. The van der Waals surface area contributed by atoms with Gasteiger partial charge in [0.05, 0.1) is 23.1 Å². The monoisotopic (exact) mass is 368 g/mol. The highest BCUT2D eigenvalue weighted by Crippen LogP contribution is 2.38. The van der Waals surface area contributed by atoms with Gasteiger partial charge in [-0.25, -0.2) is 0 Å². The lowest BCUT2D eigenvalue weighted by molar-refractivity contribution is -0.151. The van der Waals surface area contributed by atoms with E-state index in [1.54, 1.807) is 26.8 Å². The largest absolute Gasteiger partial charge is 0.507 e. The van der Waals surface area contributed by atoms with Crippen LogP contribution in [0.2, 0.25) is 5.02 Å². The molecule has 0 aromatic heterocycles. The highest BCUT2D eigenvalue weighted by atomic mass is 35.5. The smallest absolute Gasteiger partial charge is 0.310 e. The maximum Gasteiger partial charge on any atom is 0.310 e. The fourth-order valence-corrected chi connectivity index (χ4v) is 2.93. The van der Waals surface area contributed by atoms with Crippen molar-refractivity contribution in [3.8, 4) is 11.5 Å². The Hall–Kier alpha value is -2.05. The number of ketones is 1. The van der Waals surface area contributed by atoms with Gasteiger partial charge in [-0.3, -0.25) is 9.59 Å². The SMILES string of the molecule is C/C1=C/C[C@H](O)[C@H](C)[C@@H](C)OC(=O)Cc2c(Cl)c(O)cc(O)c2C1=O. The molecule has 3 N–H and O–H groups in total. The maximum atomic E-state index is 12.7. The summed E-state index contributed by atoms with van der Waals surface area (Å²) in [5, 5.41) is 30.0. The number of carbonyl (C=O) groups excluding carboxylic acids is 2. The minimum atomic E-state index is -0.790. The van der Waals surface area contributed by atoms with Gasteiger partial charge in [0.2, 0.25) is 0 Å². The van der Waals surface area contributed by atoms with Crippen LogP contribution >= 0.6 is 11.6 Å². The number of carbonyl (C=O) groups is 2. The van der Waals surface area contributed by atoms with Crippen LogP contribution in [0.3, 0.4) is 0 Å². The maximum absolute atomic E-state index is 12.7. The number of allylic oxidation sites excluding steroid dienone is 1. The Labute approximate surface area is 150 Å². The average Bonchev–Trinajstić information content (AvgIpc) is 2.54. The van der Waals surface area contributed by atoms with E-state index in [9.17, 15) is 24.9 Å². The molecule has 3 atom stereocenters. The molecule has 1 aromatic carbocycles. The van der Waals surface area contributed by atoms with E-state index in [0.29, 0.717) is 5.57 Å². The van der Waals surface area contributed by atoms with Crippen LogP contribution in [-0.4, -0.2) is 39.3 Å². The number of aliphatic hydroxyl groups is 1. The summed E-state index contributed by atoms with van der Waals surface area (Å²) in [5.41, 5.74) is 0.165. The van der Waals surface area contributed by atoms with Crippen molar-refractivity contribution in [1.82, 2.24) is 0 Å². The predicted octanol–water partition coefficient (Wildman–Crippen LogP) is 2.76. The van der Waals surface area contributed by atoms with Crippen LogP contribution in [0.15, 0.2) is 17.7 Å². The number of ether oxygens (including phenoxy) is 1. The van der Waals surface area contributed by atoms with E-state index in [1.165, 1.54) is 0 Å². The zero-order valence-electron chi connectivity index (χ0n) is 14.2. The molecule has 1 aliphatic heterocycles. The third kappa shape index (κ3) is 3.96. The van der Waals surface area contributed by atoms with E-state index >= 15 is 0 Å². The summed E-state index contributed by atoms with van der Waals surface area (Å²) in [4.78, 5) is 24.9. The minimum Gasteiger partial charge on any atom is -0.507 e. The predicted molar refractivity (Wildman–Crippen MR) is 91.9 cm³/mol. The minimum absolute atomic E-state index is 0.0166. The molecule has 2 rings (SSSR count). The number of hydrogen-bond donors (Lipinski definition) is 3. The van der Waals surface area contributed by atoms with E-state index in [4.69, 9.17) is 16.3 Å². The second-order valence-corrected chi connectivity index (χ2v) is 6.71. The molecule has 0 amide bonds. The highest BCUT2D eigenvalue weighted by Gasteiger charge is 2.29. The second-order valence-electron chi connectivity index (χ2n) is 6.33. The topological polar surface area (TPSA) is 104 Å². The van der Waals surface area contributed by atoms with Crippen LogP contribution in [0.5, 0.6) is 11.5 Å². The number of phenols is 2. The van der Waals surface area contributed by atoms with Gasteiger partial charge in [-0.15, -0.1) is 0 Å². The fourth-order valence-electron chi connectivity index (χ4n) is 2.72. The average molecular weight is 369 g/mol. The van der Waals surface area contributed by atoms with Gasteiger partial charge in [-0.2, -0.15) is 0 Å². The Morgan fingerprint density at radius 2 is 1.84 bits per heavy atom. The molecular weight excluding hydrogens is 348 g/mol. The summed E-state index contributed by atoms with van der Waals surface area (Å²) in [5.74, 6) is -2.44. The number of halogens is 1. The molecule has 6 nitrogen and oxygen atoms in total. The Morgan fingerprint density at radius 1 is 1.20 bits per heavy atom. The molecule has 0 fully saturated rings. The van der Waals surface area contributed by atoms with Crippen LogP contribution in [0.1, 0.15) is 43.1 Å². The number of hydrogen-bond acceptors (Lipinski definition) is 6. The molecule has 1 heterocycles. The van der Waals surface area contributed by atoms with E-state index in [2.05, 4.69) is 0 Å². The summed E-state index contributed by atoms with van der Waals surface area (Å²) in [6.07, 6.45) is 0.0370. The number of Topliss-reactive ketones (excluding diaryl/α,β-unsaturated/α-hetero) is 1. The molecule has 0 unspecified atom stereocenters. The van der Waals surface area contributed by atoms with Gasteiger partial charge < -0.3 is 20.1 Å². The lowest BCUT2D eigenvalue weighted by Gasteiger charge is -2.25. The number of aliphatic hydroxyl groups excluding tert-OH is 1. The Balaban J connectivity index is 2.62. The molecule has 0 spiro atoms. The van der Waals surface area contributed by atoms with Gasteiger partial charge in [0.1, 0.15) is 17.6 Å². The molecule has 0 saturated carbocycles. The fraction of sp³-hybridized carbons (Fsp3) is 0.444. The van der Waals surface area contributed by atoms with Crippen molar-refractivity contribution in [2.45, 2.75) is 45.8 Å². The first-order chi connectivity index (χ1) is 11.6. The molecule has 0 aliphatic carbocycles. The van der Waals surface area contributed by atoms with Crippen LogP contribution in [-0.2, 0) is 16.0 Å². The summed E-state index contributed by atoms with van der Waals surface area (Å²) in [6, 6.07) is 0.961. The van der Waals surface area contributed by atoms with Gasteiger partial charge in [0.15, 0.2) is 5.78 Å². The summed E-state index contributed by atoms with van der Waals surface area (Å²) >= 11 is 6.06. The Kier molecular flexibility index (Phi) is 5.75. The summed E-state index contributed by atoms with van der Waals surface area (Å²) in [7, 11) is 0. The molecular formula is C18H21ClO6. The normalized spacial score (nSPS) is 27.4. The van der Waals surface area contributed by atoms with E-state index in [1.807, 2.05) is 0 Å². The lowest BCUT2D eigenvalue weighted by Crippen LogP contribution is -2.32. The molecule has 0 saturated heterocycles. The van der Waals surface area contributed by atoms with Gasteiger partial charge in [0.25, 0.3) is 0 Å². The molecule has 7 heteroatoms. The van der Waals surface area contributed by atoms with Crippen molar-refractivity contribution in [2.75, 3.05) is 0 Å². The summed E-state index contributed by atoms with van der Waals surface area (Å²) in [6.45, 7) is 4.97. The van der Waals surface area contributed by atoms with Crippen molar-refractivity contribution in [2.24, 2.45) is 5.92 Å². The third-order valence-electron chi connectivity index (χ3n) is 4.56. The Morgan fingerprint density at radius 3 is 2.48 bits per heavy atom. The van der Waals surface area contributed by atoms with Crippen molar-refractivity contribution in [3.05, 3.63) is 33.9 Å². The van der Waals surface area contributed by atoms with Crippen LogP contribution < -0.4 is 0 Å². The molecule has 136 valence electrons. The molecule has 0 radical (unpaired) electrons. The van der Waals surface area contributed by atoms with Gasteiger partial charge in [-0.1, -0.05) is 24.6 Å². The first kappa shape index (κ1) is 19.3. The number of cyclic esters (lactones) is 1. The lowest BCUT2D eigenvalue weighted by atomic mass is 9.92. The van der Waals surface area contributed by atoms with Crippen molar-refractivity contribution < 1.29 is 29.6 Å². The van der Waals surface area contributed by atoms with Gasteiger partial charge in [0, 0.05) is 17.5 Å². The van der Waals surface area contributed by atoms with Crippen molar-refractivity contribution in [1.29, 1.82) is 0 Å². The van der Waals surface area contributed by atoms with Crippen LogP contribution in [0, 0.1) is 5.92 Å². The van der Waals surface area contributed by atoms with E-state index < -0.39 is 35.5 Å². The third-order valence-corrected chi connectivity index (χ3v) is 4.98. The first-order valence-corrected chi connectivity index (χ1v) is 8.33. The zero-order valence-corrected chi connectivity index (χ0v) is 15.0. The standard InChI is InChI=1S/C18H21ClO6/c1-8-4-5-12(20)9(2)10(3)25-15(23)6-11-16(18(8)24)13(21)7-14(22)17(11)19/h4,7,9-10,12,20-22H,5-6H2,1-3H3/b8-4-/t9-,10-,12+/m1/s1. The highest BCUT2D eigenvalue weighted by molar-refractivity contribution is 6.34. The number of fused-ring (bicyclic) bond motifs is 1. The van der Waals surface area contributed by atoms with Crippen molar-refractivity contribution in [3.63, 3.8) is 0 Å². The Bertz CT molecular complexity index is 740. The van der Waals surface area contributed by atoms with E-state index in [-0.39, 0.29) is 34.9 Å². The second kappa shape index (κ2) is 7.45. The molecule has 1 aliphatic rings. The number of rotatable bonds is 0. The number of phenolic OH excluding ortho intramolecular Hbond substituents is 2. The quantitative estimate of drug-likeness (QED) is 0.608. The van der Waals surface area contributed by atoms with Gasteiger partial charge in [-0.05, 0) is 25.8 Å².